The van der Waals surface area contributed by atoms with Gasteiger partial charge in [-0.25, -0.2) is 0 Å². The lowest BCUT2D eigenvalue weighted by atomic mass is 9.91. The normalized spacial score (nSPS) is 10.6. The zero-order chi connectivity index (χ0) is 27.3. The Labute approximate surface area is 217 Å². The van der Waals surface area contributed by atoms with Gasteiger partial charge in [0.05, 0.1) is 0 Å². The summed E-state index contributed by atoms with van der Waals surface area (Å²) < 4.78 is 40.5. The molecule has 194 valence electrons. The summed E-state index contributed by atoms with van der Waals surface area (Å²) in [7, 11) is 2.93. The Morgan fingerprint density at radius 1 is 0.778 bits per heavy atom. The molecule has 0 spiro atoms. The van der Waals surface area contributed by atoms with Crippen LogP contribution in [0.5, 0.6) is 0 Å². The number of hydrogen-bond acceptors (Lipinski definition) is 3. The molecule has 2 rings (SSSR count). The summed E-state index contributed by atoms with van der Waals surface area (Å²) in [5, 5.41) is 0.246. The molecule has 0 unspecified atom stereocenters. The van der Waals surface area contributed by atoms with Gasteiger partial charge in [0.2, 0.25) is 5.91 Å². The second kappa shape index (κ2) is 12.3. The third-order valence-electron chi connectivity index (χ3n) is 5.62. The first-order valence-corrected chi connectivity index (χ1v) is 11.6. The number of carbonyl (C=O) groups is 3. The van der Waals surface area contributed by atoms with E-state index in [4.69, 9.17) is 23.2 Å². The molecule has 0 atom stereocenters. The average Bonchev–Trinajstić information content (AvgIpc) is 2.81. The van der Waals surface area contributed by atoms with Gasteiger partial charge in [-0.1, -0.05) is 42.7 Å². The molecule has 0 saturated heterocycles. The van der Waals surface area contributed by atoms with E-state index in [0.717, 1.165) is 21.1 Å². The lowest BCUT2D eigenvalue weighted by molar-refractivity contribution is -0.143. The highest BCUT2D eigenvalue weighted by molar-refractivity contribution is 6.32. The molecular weight excluding hydrogens is 518 g/mol. The number of nitrogens with zero attached hydrogens (tertiary/aromatic N) is 3. The fraction of sp³-hybridized carbons (Fsp3) is 0.320. The number of allylic oxidation sites excluding steroid dienone is 1. The Bertz CT molecular complexity index is 1140. The minimum atomic E-state index is -0.913. The van der Waals surface area contributed by atoms with Crippen LogP contribution in [0.3, 0.4) is 0 Å². The van der Waals surface area contributed by atoms with E-state index in [1.54, 1.807) is 32.1 Å². The van der Waals surface area contributed by atoms with E-state index in [0.29, 0.717) is 34.2 Å². The van der Waals surface area contributed by atoms with Crippen molar-refractivity contribution in [1.82, 2.24) is 15.4 Å². The standard InChI is InChI=1S/C25H26Cl2F3N3O3/c1-14-19(24(35)32(4)29)10-16(12-21(14)26)18(8-6-7-9-23(34)31(3)28)17-11-20(25(36)33(5)30)15(2)22(27)13-17/h8,10-13H,6-7,9H2,1-5H3. The Balaban J connectivity index is 2.70. The quantitative estimate of drug-likeness (QED) is 0.283. The Morgan fingerprint density at radius 3 is 1.56 bits per heavy atom. The summed E-state index contributed by atoms with van der Waals surface area (Å²) in [6, 6.07) is 6.02. The maximum absolute atomic E-state index is 13.7. The zero-order valence-electron chi connectivity index (χ0n) is 20.5. The number of carbonyl (C=O) groups excluding carboxylic acids is 3. The van der Waals surface area contributed by atoms with Crippen molar-refractivity contribution < 1.29 is 27.8 Å². The molecule has 0 aliphatic heterocycles. The molecular formula is C25H26Cl2F3N3O3. The summed E-state index contributed by atoms with van der Waals surface area (Å²) in [5.74, 6) is -2.52. The van der Waals surface area contributed by atoms with Gasteiger partial charge in [0.25, 0.3) is 11.8 Å². The minimum Gasteiger partial charge on any atom is -0.272 e. The van der Waals surface area contributed by atoms with Crippen LogP contribution < -0.4 is 0 Å². The number of benzene rings is 2. The van der Waals surface area contributed by atoms with Gasteiger partial charge in [-0.3, -0.25) is 14.4 Å². The van der Waals surface area contributed by atoms with E-state index in [9.17, 15) is 27.8 Å². The molecule has 6 nitrogen and oxygen atoms in total. The molecule has 0 aromatic heterocycles. The number of amides is 3. The van der Waals surface area contributed by atoms with Gasteiger partial charge in [-0.15, -0.1) is 0 Å². The predicted molar refractivity (Wildman–Crippen MR) is 134 cm³/mol. The maximum Gasteiger partial charge on any atom is 0.281 e. The van der Waals surface area contributed by atoms with Crippen molar-refractivity contribution in [3.05, 3.63) is 73.8 Å². The van der Waals surface area contributed by atoms with E-state index in [2.05, 4.69) is 0 Å². The predicted octanol–water partition coefficient (Wildman–Crippen LogP) is 6.47. The fourth-order valence-electron chi connectivity index (χ4n) is 3.50. The first kappa shape index (κ1) is 29.2. The second-order valence-electron chi connectivity index (χ2n) is 8.21. The molecule has 2 aromatic rings. The number of rotatable bonds is 8. The van der Waals surface area contributed by atoms with Crippen LogP contribution in [-0.4, -0.2) is 54.2 Å². The molecule has 0 bridgehead atoms. The van der Waals surface area contributed by atoms with E-state index < -0.39 is 17.7 Å². The second-order valence-corrected chi connectivity index (χ2v) is 9.02. The van der Waals surface area contributed by atoms with Gasteiger partial charge in [-0.2, -0.15) is 15.4 Å². The molecule has 0 fully saturated rings. The molecule has 0 heterocycles. The van der Waals surface area contributed by atoms with Crippen LogP contribution in [-0.2, 0) is 4.79 Å². The van der Waals surface area contributed by atoms with E-state index in [1.165, 1.54) is 12.1 Å². The van der Waals surface area contributed by atoms with Crippen LogP contribution in [0.4, 0.5) is 13.4 Å². The highest BCUT2D eigenvalue weighted by atomic mass is 35.5. The van der Waals surface area contributed by atoms with Crippen molar-refractivity contribution in [2.45, 2.75) is 33.1 Å². The molecule has 36 heavy (non-hydrogen) atoms. The molecule has 0 aliphatic rings. The van der Waals surface area contributed by atoms with Crippen LogP contribution >= 0.6 is 23.2 Å². The van der Waals surface area contributed by atoms with Crippen molar-refractivity contribution >= 4 is 46.5 Å². The Kier molecular flexibility index (Phi) is 9.95. The van der Waals surface area contributed by atoms with Gasteiger partial charge in [0.1, 0.15) is 0 Å². The van der Waals surface area contributed by atoms with Crippen LogP contribution in [0, 0.1) is 13.8 Å². The fourth-order valence-corrected chi connectivity index (χ4v) is 3.94. The Hall–Kier alpha value is -3.04. The van der Waals surface area contributed by atoms with E-state index in [-0.39, 0.29) is 49.4 Å². The minimum absolute atomic E-state index is 0.000811. The first-order chi connectivity index (χ1) is 16.8. The van der Waals surface area contributed by atoms with Gasteiger partial charge < -0.3 is 0 Å². The summed E-state index contributed by atoms with van der Waals surface area (Å²) >= 11 is 12.7. The monoisotopic (exact) mass is 543 g/mol. The third kappa shape index (κ3) is 6.79. The lowest BCUT2D eigenvalue weighted by Gasteiger charge is -2.17. The van der Waals surface area contributed by atoms with E-state index >= 15 is 0 Å². The number of hydrogen-bond donors (Lipinski definition) is 0. The highest BCUT2D eigenvalue weighted by Gasteiger charge is 2.22. The van der Waals surface area contributed by atoms with Crippen molar-refractivity contribution in [1.29, 1.82) is 0 Å². The van der Waals surface area contributed by atoms with Crippen molar-refractivity contribution in [2.75, 3.05) is 21.1 Å². The summed E-state index contributed by atoms with van der Waals surface area (Å²) in [4.78, 5) is 36.5. The third-order valence-corrected chi connectivity index (χ3v) is 6.40. The van der Waals surface area contributed by atoms with Crippen LogP contribution in [0.1, 0.15) is 62.2 Å². The molecule has 0 N–H and O–H groups in total. The number of unbranched alkanes of at least 4 members (excludes halogenated alkanes) is 1. The maximum atomic E-state index is 13.7. The van der Waals surface area contributed by atoms with Crippen LogP contribution in [0.15, 0.2) is 30.3 Å². The summed E-state index contributed by atoms with van der Waals surface area (Å²) in [6.45, 7) is 3.14. The first-order valence-electron chi connectivity index (χ1n) is 10.9. The average molecular weight is 544 g/mol. The Morgan fingerprint density at radius 2 is 1.19 bits per heavy atom. The molecule has 11 heteroatoms. The number of halogens is 5. The molecule has 2 aromatic carbocycles. The van der Waals surface area contributed by atoms with Gasteiger partial charge in [-0.05, 0) is 78.8 Å². The molecule has 0 radical (unpaired) electrons. The largest absolute Gasteiger partial charge is 0.281 e. The van der Waals surface area contributed by atoms with Gasteiger partial charge in [0.15, 0.2) is 0 Å². The summed E-state index contributed by atoms with van der Waals surface area (Å²) in [6.07, 6.45) is 2.22. The topological polar surface area (TPSA) is 60.9 Å². The molecule has 0 aliphatic carbocycles. The van der Waals surface area contributed by atoms with Crippen molar-refractivity contribution in [3.8, 4) is 0 Å². The van der Waals surface area contributed by atoms with Crippen molar-refractivity contribution in [2.24, 2.45) is 0 Å². The van der Waals surface area contributed by atoms with Crippen LogP contribution in [0.25, 0.3) is 5.57 Å². The van der Waals surface area contributed by atoms with E-state index in [1.807, 2.05) is 0 Å². The van der Waals surface area contributed by atoms with Gasteiger partial charge in [0, 0.05) is 48.7 Å². The smallest absolute Gasteiger partial charge is 0.272 e. The van der Waals surface area contributed by atoms with Gasteiger partial charge >= 0.3 is 0 Å². The summed E-state index contributed by atoms with van der Waals surface area (Å²) in [5.41, 5.74) is 2.01. The van der Waals surface area contributed by atoms with Crippen molar-refractivity contribution in [3.63, 3.8) is 0 Å². The molecule has 3 amide bonds. The molecule has 0 saturated carbocycles. The zero-order valence-corrected chi connectivity index (χ0v) is 22.0. The highest BCUT2D eigenvalue weighted by Crippen LogP contribution is 2.34. The lowest BCUT2D eigenvalue weighted by Crippen LogP contribution is -2.19. The SMILES string of the molecule is Cc1c(Cl)cc(C(=CCCCC(=O)N(C)F)c2cc(Cl)c(C)c(C(=O)N(C)F)c2)cc1C(=O)N(C)F. The van der Waals surface area contributed by atoms with Crippen LogP contribution in [0.2, 0.25) is 10.0 Å².